The molecule has 1 saturated heterocycles. The average molecular weight is 279 g/mol. The minimum absolute atomic E-state index is 0.0542. The van der Waals surface area contributed by atoms with Gasteiger partial charge in [0.05, 0.1) is 0 Å². The summed E-state index contributed by atoms with van der Waals surface area (Å²) in [5.41, 5.74) is 1.50. The molecule has 1 aromatic heterocycles. The Balaban J connectivity index is 2.08. The van der Waals surface area contributed by atoms with E-state index in [1.807, 2.05) is 35.7 Å². The molecule has 4 nitrogen and oxygen atoms in total. The first-order valence-electron chi connectivity index (χ1n) is 6.85. The van der Waals surface area contributed by atoms with Crippen LogP contribution in [-0.2, 0) is 0 Å². The monoisotopic (exact) mass is 279 g/mol. The van der Waals surface area contributed by atoms with Crippen LogP contribution in [0.5, 0.6) is 0 Å². The van der Waals surface area contributed by atoms with Crippen molar-refractivity contribution < 1.29 is 4.79 Å². The molecule has 5 heteroatoms. The number of carbonyl (C=O) groups excluding carboxylic acids is 1. The van der Waals surface area contributed by atoms with Gasteiger partial charge >= 0.3 is 0 Å². The summed E-state index contributed by atoms with van der Waals surface area (Å²) in [7, 11) is 0. The largest absolute Gasteiger partial charge is 0.385 e. The SMILES string of the molecule is CCNc1ccnc(C(=O)N2CCSC(CC)C2)c1. The summed E-state index contributed by atoms with van der Waals surface area (Å²) in [6, 6.07) is 3.73. The van der Waals surface area contributed by atoms with Crippen molar-refractivity contribution in [2.24, 2.45) is 0 Å². The lowest BCUT2D eigenvalue weighted by Crippen LogP contribution is -2.42. The fourth-order valence-corrected chi connectivity index (χ4v) is 3.35. The van der Waals surface area contributed by atoms with Gasteiger partial charge in [-0.2, -0.15) is 11.8 Å². The van der Waals surface area contributed by atoms with Gasteiger partial charge in [0.15, 0.2) is 0 Å². The molecule has 1 N–H and O–H groups in total. The van der Waals surface area contributed by atoms with Crippen molar-refractivity contribution in [1.29, 1.82) is 0 Å². The Labute approximate surface area is 119 Å². The molecule has 1 fully saturated rings. The Kier molecular flexibility index (Phi) is 5.07. The highest BCUT2D eigenvalue weighted by Crippen LogP contribution is 2.22. The molecule has 1 aromatic rings. The molecule has 0 aliphatic carbocycles. The smallest absolute Gasteiger partial charge is 0.272 e. The average Bonchev–Trinajstić information content (AvgIpc) is 2.47. The van der Waals surface area contributed by atoms with E-state index in [0.717, 1.165) is 37.5 Å². The molecule has 104 valence electrons. The Bertz CT molecular complexity index is 438. The van der Waals surface area contributed by atoms with Gasteiger partial charge in [0.2, 0.25) is 0 Å². The second-order valence-electron chi connectivity index (χ2n) is 4.61. The molecule has 1 aliphatic heterocycles. The molecule has 0 spiro atoms. The van der Waals surface area contributed by atoms with Gasteiger partial charge in [-0.05, 0) is 25.5 Å². The summed E-state index contributed by atoms with van der Waals surface area (Å²) in [6.07, 6.45) is 2.81. The quantitative estimate of drug-likeness (QED) is 0.919. The Morgan fingerprint density at radius 1 is 1.58 bits per heavy atom. The predicted molar refractivity (Wildman–Crippen MR) is 80.8 cm³/mol. The first kappa shape index (κ1) is 14.2. The lowest BCUT2D eigenvalue weighted by atomic mass is 10.2. The van der Waals surface area contributed by atoms with Gasteiger partial charge in [-0.25, -0.2) is 0 Å². The van der Waals surface area contributed by atoms with Crippen molar-refractivity contribution >= 4 is 23.4 Å². The van der Waals surface area contributed by atoms with Crippen LogP contribution in [0.4, 0.5) is 5.69 Å². The van der Waals surface area contributed by atoms with Gasteiger partial charge in [-0.1, -0.05) is 6.92 Å². The van der Waals surface area contributed by atoms with Crippen molar-refractivity contribution in [1.82, 2.24) is 9.88 Å². The van der Waals surface area contributed by atoms with Gasteiger partial charge < -0.3 is 10.2 Å². The molecule has 1 atom stereocenters. The number of nitrogens with one attached hydrogen (secondary N) is 1. The van der Waals surface area contributed by atoms with E-state index in [0.29, 0.717) is 10.9 Å². The van der Waals surface area contributed by atoms with Crippen molar-refractivity contribution in [3.05, 3.63) is 24.0 Å². The molecule has 1 aliphatic rings. The van der Waals surface area contributed by atoms with Crippen LogP contribution in [0.25, 0.3) is 0 Å². The molecule has 19 heavy (non-hydrogen) atoms. The Hall–Kier alpha value is -1.23. The number of thioether (sulfide) groups is 1. The highest BCUT2D eigenvalue weighted by atomic mass is 32.2. The minimum Gasteiger partial charge on any atom is -0.385 e. The summed E-state index contributed by atoms with van der Waals surface area (Å²) >= 11 is 1.96. The maximum absolute atomic E-state index is 12.4. The number of amides is 1. The standard InChI is InChI=1S/C14H21N3OS/c1-3-12-10-17(7-8-19-12)14(18)13-9-11(15-4-2)5-6-16-13/h5-6,9,12H,3-4,7-8,10H2,1-2H3,(H,15,16). The van der Waals surface area contributed by atoms with E-state index in [1.165, 1.54) is 0 Å². The number of anilines is 1. The molecular weight excluding hydrogens is 258 g/mol. The molecular formula is C14H21N3OS. The van der Waals surface area contributed by atoms with E-state index in [4.69, 9.17) is 0 Å². The molecule has 2 heterocycles. The van der Waals surface area contributed by atoms with Crippen LogP contribution in [0.3, 0.4) is 0 Å². The molecule has 2 rings (SSSR count). The van der Waals surface area contributed by atoms with Crippen LogP contribution in [0.2, 0.25) is 0 Å². The highest BCUT2D eigenvalue weighted by molar-refractivity contribution is 8.00. The van der Waals surface area contributed by atoms with E-state index >= 15 is 0 Å². The number of aromatic nitrogens is 1. The summed E-state index contributed by atoms with van der Waals surface area (Å²) in [6.45, 7) is 6.72. The number of hydrogen-bond donors (Lipinski definition) is 1. The maximum atomic E-state index is 12.4. The normalized spacial score (nSPS) is 19.3. The fourth-order valence-electron chi connectivity index (χ4n) is 2.17. The summed E-state index contributed by atoms with van der Waals surface area (Å²) in [4.78, 5) is 18.6. The molecule has 0 aromatic carbocycles. The zero-order chi connectivity index (χ0) is 13.7. The van der Waals surface area contributed by atoms with Crippen LogP contribution in [0.1, 0.15) is 30.8 Å². The topological polar surface area (TPSA) is 45.2 Å². The Morgan fingerprint density at radius 3 is 3.16 bits per heavy atom. The molecule has 0 radical (unpaired) electrons. The first-order valence-corrected chi connectivity index (χ1v) is 7.90. The summed E-state index contributed by atoms with van der Waals surface area (Å²) < 4.78 is 0. The van der Waals surface area contributed by atoms with Crippen LogP contribution in [0.15, 0.2) is 18.3 Å². The number of hydrogen-bond acceptors (Lipinski definition) is 4. The van der Waals surface area contributed by atoms with E-state index < -0.39 is 0 Å². The third kappa shape index (κ3) is 3.62. The molecule has 0 saturated carbocycles. The van der Waals surface area contributed by atoms with Crippen molar-refractivity contribution in [2.75, 3.05) is 30.7 Å². The molecule has 1 unspecified atom stereocenters. The van der Waals surface area contributed by atoms with Crippen molar-refractivity contribution in [3.8, 4) is 0 Å². The number of carbonyl (C=O) groups is 1. The zero-order valence-corrected chi connectivity index (χ0v) is 12.4. The van der Waals surface area contributed by atoms with E-state index in [1.54, 1.807) is 6.20 Å². The lowest BCUT2D eigenvalue weighted by Gasteiger charge is -2.31. The fraction of sp³-hybridized carbons (Fsp3) is 0.571. The minimum atomic E-state index is 0.0542. The number of rotatable bonds is 4. The van der Waals surface area contributed by atoms with Gasteiger partial charge in [0.25, 0.3) is 5.91 Å². The van der Waals surface area contributed by atoms with E-state index in [-0.39, 0.29) is 5.91 Å². The number of pyridine rings is 1. The zero-order valence-electron chi connectivity index (χ0n) is 11.6. The van der Waals surface area contributed by atoms with Crippen molar-refractivity contribution in [2.45, 2.75) is 25.5 Å². The van der Waals surface area contributed by atoms with Crippen LogP contribution in [0, 0.1) is 0 Å². The second kappa shape index (κ2) is 6.80. The van der Waals surface area contributed by atoms with Crippen LogP contribution < -0.4 is 5.32 Å². The third-order valence-corrected chi connectivity index (χ3v) is 4.61. The summed E-state index contributed by atoms with van der Waals surface area (Å²) in [5, 5.41) is 3.78. The van der Waals surface area contributed by atoms with E-state index in [9.17, 15) is 4.79 Å². The first-order chi connectivity index (χ1) is 9.24. The highest BCUT2D eigenvalue weighted by Gasteiger charge is 2.24. The predicted octanol–water partition coefficient (Wildman–Crippen LogP) is 2.48. The van der Waals surface area contributed by atoms with Gasteiger partial charge in [0, 0.05) is 42.5 Å². The summed E-state index contributed by atoms with van der Waals surface area (Å²) in [5.74, 6) is 1.08. The van der Waals surface area contributed by atoms with Gasteiger partial charge in [0.1, 0.15) is 5.69 Å². The van der Waals surface area contributed by atoms with Crippen LogP contribution >= 0.6 is 11.8 Å². The van der Waals surface area contributed by atoms with Crippen molar-refractivity contribution in [3.63, 3.8) is 0 Å². The van der Waals surface area contributed by atoms with Crippen LogP contribution in [-0.4, -0.2) is 46.4 Å². The maximum Gasteiger partial charge on any atom is 0.272 e. The van der Waals surface area contributed by atoms with E-state index in [2.05, 4.69) is 17.2 Å². The number of nitrogens with zero attached hydrogens (tertiary/aromatic N) is 2. The molecule has 0 bridgehead atoms. The molecule has 1 amide bonds. The van der Waals surface area contributed by atoms with Gasteiger partial charge in [-0.15, -0.1) is 0 Å². The third-order valence-electron chi connectivity index (χ3n) is 3.24. The Morgan fingerprint density at radius 2 is 2.42 bits per heavy atom. The van der Waals surface area contributed by atoms with Gasteiger partial charge in [-0.3, -0.25) is 9.78 Å². The second-order valence-corrected chi connectivity index (χ2v) is 6.02. The lowest BCUT2D eigenvalue weighted by molar-refractivity contribution is 0.0755.